The fourth-order valence-corrected chi connectivity index (χ4v) is 4.11. The SMILES string of the molecule is Cc1ccc(C)c(OCCCn2cc(C(=O)c3cccs3)c3ccccc32)c1. The maximum atomic E-state index is 12.9. The number of fused-ring (bicyclic) bond motifs is 1. The van der Waals surface area contributed by atoms with Gasteiger partial charge in [-0.1, -0.05) is 36.4 Å². The van der Waals surface area contributed by atoms with Gasteiger partial charge in [-0.15, -0.1) is 11.3 Å². The first-order valence-electron chi connectivity index (χ1n) is 9.49. The third kappa shape index (κ3) is 3.73. The van der Waals surface area contributed by atoms with Gasteiger partial charge in [0, 0.05) is 29.2 Å². The van der Waals surface area contributed by atoms with Crippen molar-refractivity contribution in [2.75, 3.05) is 6.61 Å². The number of aromatic nitrogens is 1. The van der Waals surface area contributed by atoms with Crippen molar-refractivity contribution >= 4 is 28.0 Å². The summed E-state index contributed by atoms with van der Waals surface area (Å²) in [4.78, 5) is 13.7. The van der Waals surface area contributed by atoms with E-state index in [0.717, 1.165) is 45.6 Å². The molecule has 0 saturated heterocycles. The molecule has 0 aliphatic rings. The van der Waals surface area contributed by atoms with Crippen LogP contribution in [0.5, 0.6) is 5.75 Å². The Kier molecular flexibility index (Phi) is 5.31. The Morgan fingerprint density at radius 3 is 2.75 bits per heavy atom. The maximum absolute atomic E-state index is 12.9. The van der Waals surface area contributed by atoms with Crippen molar-refractivity contribution in [3.05, 3.63) is 87.7 Å². The lowest BCUT2D eigenvalue weighted by molar-refractivity contribution is 0.104. The minimum atomic E-state index is 0.0941. The van der Waals surface area contributed by atoms with Gasteiger partial charge >= 0.3 is 0 Å². The lowest BCUT2D eigenvalue weighted by atomic mass is 10.1. The summed E-state index contributed by atoms with van der Waals surface area (Å²) in [7, 11) is 0. The molecule has 0 spiro atoms. The Balaban J connectivity index is 1.50. The molecule has 2 heterocycles. The molecule has 4 heteroatoms. The molecule has 0 amide bonds. The number of ketones is 1. The second-order valence-corrected chi connectivity index (χ2v) is 7.98. The van der Waals surface area contributed by atoms with Crippen molar-refractivity contribution in [1.29, 1.82) is 0 Å². The Morgan fingerprint density at radius 1 is 1.07 bits per heavy atom. The van der Waals surface area contributed by atoms with E-state index in [9.17, 15) is 4.79 Å². The van der Waals surface area contributed by atoms with Crippen molar-refractivity contribution in [1.82, 2.24) is 4.57 Å². The summed E-state index contributed by atoms with van der Waals surface area (Å²) in [6.07, 6.45) is 2.86. The minimum absolute atomic E-state index is 0.0941. The molecule has 0 unspecified atom stereocenters. The van der Waals surface area contributed by atoms with Gasteiger partial charge in [-0.2, -0.15) is 0 Å². The smallest absolute Gasteiger partial charge is 0.205 e. The van der Waals surface area contributed by atoms with Gasteiger partial charge in [0.15, 0.2) is 0 Å². The molecule has 0 aliphatic carbocycles. The first kappa shape index (κ1) is 18.5. The number of ether oxygens (including phenoxy) is 1. The van der Waals surface area contributed by atoms with E-state index in [1.165, 1.54) is 16.9 Å². The standard InChI is InChI=1S/C24H23NO2S/c1-17-10-11-18(2)22(15-17)27-13-6-12-25-16-20(19-7-3-4-8-21(19)25)24(26)23-9-5-14-28-23/h3-5,7-11,14-16H,6,12-13H2,1-2H3. The molecule has 4 rings (SSSR count). The van der Waals surface area contributed by atoms with E-state index in [-0.39, 0.29) is 5.78 Å². The van der Waals surface area contributed by atoms with E-state index in [1.54, 1.807) is 0 Å². The number of para-hydroxylation sites is 1. The van der Waals surface area contributed by atoms with Crippen LogP contribution in [0.15, 0.2) is 66.2 Å². The topological polar surface area (TPSA) is 31.2 Å². The molecule has 2 aromatic heterocycles. The quantitative estimate of drug-likeness (QED) is 0.286. The van der Waals surface area contributed by atoms with E-state index in [1.807, 2.05) is 41.9 Å². The van der Waals surface area contributed by atoms with Crippen LogP contribution in [0.2, 0.25) is 0 Å². The van der Waals surface area contributed by atoms with Crippen molar-refractivity contribution in [2.45, 2.75) is 26.8 Å². The molecule has 0 aliphatic heterocycles. The number of aryl methyl sites for hydroxylation is 3. The zero-order valence-corrected chi connectivity index (χ0v) is 17.0. The summed E-state index contributed by atoms with van der Waals surface area (Å²) in [5.41, 5.74) is 4.22. The van der Waals surface area contributed by atoms with Crippen LogP contribution < -0.4 is 4.74 Å². The van der Waals surface area contributed by atoms with E-state index < -0.39 is 0 Å². The third-order valence-electron chi connectivity index (χ3n) is 4.92. The highest BCUT2D eigenvalue weighted by molar-refractivity contribution is 7.12. The van der Waals surface area contributed by atoms with Gasteiger partial charge in [0.2, 0.25) is 5.78 Å². The molecular formula is C24H23NO2S. The lowest BCUT2D eigenvalue weighted by Crippen LogP contribution is -2.05. The number of nitrogens with zero attached hydrogens (tertiary/aromatic N) is 1. The van der Waals surface area contributed by atoms with Gasteiger partial charge in [0.1, 0.15) is 5.75 Å². The fraction of sp³-hybridized carbons (Fsp3) is 0.208. The van der Waals surface area contributed by atoms with Gasteiger partial charge in [0.05, 0.1) is 11.5 Å². The third-order valence-corrected chi connectivity index (χ3v) is 5.79. The van der Waals surface area contributed by atoms with E-state index in [0.29, 0.717) is 6.61 Å². The molecule has 0 fully saturated rings. The van der Waals surface area contributed by atoms with Crippen molar-refractivity contribution in [3.63, 3.8) is 0 Å². The Bertz CT molecular complexity index is 1110. The van der Waals surface area contributed by atoms with Crippen LogP contribution in [0.25, 0.3) is 10.9 Å². The van der Waals surface area contributed by atoms with Gasteiger partial charge in [-0.3, -0.25) is 4.79 Å². The summed E-state index contributed by atoms with van der Waals surface area (Å²) < 4.78 is 8.16. The molecular weight excluding hydrogens is 366 g/mol. The van der Waals surface area contributed by atoms with Crippen LogP contribution in [-0.2, 0) is 6.54 Å². The van der Waals surface area contributed by atoms with Crippen molar-refractivity contribution < 1.29 is 9.53 Å². The maximum Gasteiger partial charge on any atom is 0.205 e. The number of hydrogen-bond acceptors (Lipinski definition) is 3. The second kappa shape index (κ2) is 8.03. The molecule has 0 N–H and O–H groups in total. The fourth-order valence-electron chi connectivity index (χ4n) is 3.43. The van der Waals surface area contributed by atoms with E-state index in [2.05, 4.69) is 42.7 Å². The first-order chi connectivity index (χ1) is 13.6. The zero-order chi connectivity index (χ0) is 19.5. The van der Waals surface area contributed by atoms with Crippen LogP contribution in [0.1, 0.15) is 32.8 Å². The molecule has 0 bridgehead atoms. The second-order valence-electron chi connectivity index (χ2n) is 7.03. The van der Waals surface area contributed by atoms with Crippen LogP contribution in [-0.4, -0.2) is 17.0 Å². The van der Waals surface area contributed by atoms with Gasteiger partial charge in [-0.25, -0.2) is 0 Å². The lowest BCUT2D eigenvalue weighted by Gasteiger charge is -2.10. The molecule has 0 radical (unpaired) electrons. The van der Waals surface area contributed by atoms with Crippen molar-refractivity contribution in [2.24, 2.45) is 0 Å². The summed E-state index contributed by atoms with van der Waals surface area (Å²) in [5, 5.41) is 2.95. The predicted molar refractivity (Wildman–Crippen MR) is 116 cm³/mol. The zero-order valence-electron chi connectivity index (χ0n) is 16.1. The molecule has 142 valence electrons. The van der Waals surface area contributed by atoms with Crippen LogP contribution in [0.4, 0.5) is 0 Å². The van der Waals surface area contributed by atoms with Crippen LogP contribution in [0.3, 0.4) is 0 Å². The first-order valence-corrected chi connectivity index (χ1v) is 10.4. The van der Waals surface area contributed by atoms with Crippen molar-refractivity contribution in [3.8, 4) is 5.75 Å². The number of hydrogen-bond donors (Lipinski definition) is 0. The van der Waals surface area contributed by atoms with E-state index >= 15 is 0 Å². The molecule has 3 nitrogen and oxygen atoms in total. The molecule has 0 atom stereocenters. The molecule has 0 saturated carbocycles. The van der Waals surface area contributed by atoms with Gasteiger partial charge in [-0.05, 0) is 55.0 Å². The minimum Gasteiger partial charge on any atom is -0.493 e. The predicted octanol–water partition coefficient (Wildman–Crippen LogP) is 6.02. The number of benzene rings is 2. The number of carbonyl (C=O) groups is 1. The van der Waals surface area contributed by atoms with Gasteiger partial charge in [0.25, 0.3) is 0 Å². The van der Waals surface area contributed by atoms with Crippen LogP contribution >= 0.6 is 11.3 Å². The molecule has 2 aromatic carbocycles. The number of thiophene rings is 1. The van der Waals surface area contributed by atoms with Crippen LogP contribution in [0, 0.1) is 13.8 Å². The Labute approximate surface area is 169 Å². The summed E-state index contributed by atoms with van der Waals surface area (Å²) in [6.45, 7) is 5.59. The summed E-state index contributed by atoms with van der Waals surface area (Å²) in [6, 6.07) is 18.2. The summed E-state index contributed by atoms with van der Waals surface area (Å²) in [5.74, 6) is 1.04. The number of carbonyl (C=O) groups excluding carboxylic acids is 1. The molecule has 4 aromatic rings. The van der Waals surface area contributed by atoms with Gasteiger partial charge < -0.3 is 9.30 Å². The highest BCUT2D eigenvalue weighted by atomic mass is 32.1. The molecule has 28 heavy (non-hydrogen) atoms. The average Bonchev–Trinajstić information content (AvgIpc) is 3.36. The normalized spacial score (nSPS) is 11.1. The summed E-state index contributed by atoms with van der Waals surface area (Å²) >= 11 is 1.49. The highest BCUT2D eigenvalue weighted by Crippen LogP contribution is 2.26. The monoisotopic (exact) mass is 389 g/mol. The average molecular weight is 390 g/mol. The number of rotatable bonds is 7. The Hall–Kier alpha value is -2.85. The Morgan fingerprint density at radius 2 is 1.93 bits per heavy atom. The largest absolute Gasteiger partial charge is 0.493 e. The highest BCUT2D eigenvalue weighted by Gasteiger charge is 2.17. The van der Waals surface area contributed by atoms with E-state index in [4.69, 9.17) is 4.74 Å².